The fourth-order valence-corrected chi connectivity index (χ4v) is 2.82. The van der Waals surface area contributed by atoms with Gasteiger partial charge in [0.25, 0.3) is 11.5 Å². The quantitative estimate of drug-likeness (QED) is 0.873. The average Bonchev–Trinajstić information content (AvgIpc) is 2.71. The SMILES string of the molecule is CC1CCCN(C(=O)c2ccc3c(=O)[nH]ccc3n2)CC1. The second kappa shape index (κ2) is 5.68. The molecule has 2 aromatic heterocycles. The standard InChI is InChI=1S/C16H19N3O2/c1-11-3-2-9-19(10-7-11)16(21)14-5-4-12-13(18-14)6-8-17-15(12)20/h4-6,8,11H,2-3,7,9-10H2,1H3,(H,17,20). The van der Waals surface area contributed by atoms with E-state index in [-0.39, 0.29) is 11.5 Å². The Morgan fingerprint density at radius 2 is 2.14 bits per heavy atom. The number of carbonyl (C=O) groups is 1. The molecule has 5 nitrogen and oxygen atoms in total. The summed E-state index contributed by atoms with van der Waals surface area (Å²) in [7, 11) is 0. The minimum absolute atomic E-state index is 0.0359. The first-order valence-corrected chi connectivity index (χ1v) is 7.43. The molecule has 1 atom stereocenters. The lowest BCUT2D eigenvalue weighted by atomic mass is 10.0. The molecule has 0 bridgehead atoms. The molecular formula is C16H19N3O2. The van der Waals surface area contributed by atoms with Crippen molar-refractivity contribution in [1.82, 2.24) is 14.9 Å². The number of H-pyrrole nitrogens is 1. The Hall–Kier alpha value is -2.17. The van der Waals surface area contributed by atoms with E-state index in [1.165, 1.54) is 6.42 Å². The summed E-state index contributed by atoms with van der Waals surface area (Å²) in [6.45, 7) is 3.81. The molecule has 3 heterocycles. The monoisotopic (exact) mass is 285 g/mol. The highest BCUT2D eigenvalue weighted by Gasteiger charge is 2.20. The summed E-state index contributed by atoms with van der Waals surface area (Å²) < 4.78 is 0. The summed E-state index contributed by atoms with van der Waals surface area (Å²) in [4.78, 5) is 33.1. The molecule has 0 spiro atoms. The summed E-state index contributed by atoms with van der Waals surface area (Å²) in [5, 5.41) is 0.513. The van der Waals surface area contributed by atoms with Crippen molar-refractivity contribution in [3.8, 4) is 0 Å². The first-order chi connectivity index (χ1) is 10.1. The third-order valence-corrected chi connectivity index (χ3v) is 4.15. The molecule has 21 heavy (non-hydrogen) atoms. The second-order valence-electron chi connectivity index (χ2n) is 5.76. The van der Waals surface area contributed by atoms with Gasteiger partial charge in [0, 0.05) is 19.3 Å². The number of pyridine rings is 2. The minimum atomic E-state index is -0.178. The number of likely N-dealkylation sites (tertiary alicyclic amines) is 1. The molecule has 1 saturated heterocycles. The van der Waals surface area contributed by atoms with Crippen molar-refractivity contribution in [3.63, 3.8) is 0 Å². The largest absolute Gasteiger partial charge is 0.337 e. The van der Waals surface area contributed by atoms with Gasteiger partial charge >= 0.3 is 0 Å². The van der Waals surface area contributed by atoms with E-state index in [1.54, 1.807) is 24.4 Å². The van der Waals surface area contributed by atoms with Crippen LogP contribution in [0.2, 0.25) is 0 Å². The summed E-state index contributed by atoms with van der Waals surface area (Å²) in [5.41, 5.74) is 0.804. The van der Waals surface area contributed by atoms with Crippen LogP contribution in [0.1, 0.15) is 36.7 Å². The van der Waals surface area contributed by atoms with Crippen LogP contribution in [0.3, 0.4) is 0 Å². The van der Waals surface area contributed by atoms with Crippen LogP contribution in [-0.4, -0.2) is 33.9 Å². The highest BCUT2D eigenvalue weighted by molar-refractivity contribution is 5.94. The van der Waals surface area contributed by atoms with E-state index < -0.39 is 0 Å². The molecule has 0 radical (unpaired) electrons. The van der Waals surface area contributed by atoms with Crippen molar-refractivity contribution in [2.24, 2.45) is 5.92 Å². The Labute approximate surface area is 123 Å². The lowest BCUT2D eigenvalue weighted by Crippen LogP contribution is -2.32. The van der Waals surface area contributed by atoms with Gasteiger partial charge in [0.2, 0.25) is 0 Å². The van der Waals surface area contributed by atoms with Gasteiger partial charge in [-0.2, -0.15) is 0 Å². The van der Waals surface area contributed by atoms with Crippen molar-refractivity contribution in [1.29, 1.82) is 0 Å². The molecule has 0 aromatic carbocycles. The summed E-state index contributed by atoms with van der Waals surface area (Å²) >= 11 is 0. The third-order valence-electron chi connectivity index (χ3n) is 4.15. The van der Waals surface area contributed by atoms with Gasteiger partial charge in [-0.1, -0.05) is 6.92 Å². The summed E-state index contributed by atoms with van der Waals surface area (Å²) in [6.07, 6.45) is 4.81. The molecule has 3 rings (SSSR count). The molecule has 1 amide bonds. The van der Waals surface area contributed by atoms with Crippen LogP contribution >= 0.6 is 0 Å². The maximum Gasteiger partial charge on any atom is 0.272 e. The molecule has 0 saturated carbocycles. The summed E-state index contributed by atoms with van der Waals surface area (Å²) in [6, 6.07) is 5.04. The first kappa shape index (κ1) is 13.8. The number of hydrogen-bond acceptors (Lipinski definition) is 3. The molecule has 1 aliphatic rings. The molecular weight excluding hydrogens is 266 g/mol. The Bertz CT molecular complexity index is 723. The number of fused-ring (bicyclic) bond motifs is 1. The fraction of sp³-hybridized carbons (Fsp3) is 0.438. The van der Waals surface area contributed by atoms with Crippen LogP contribution < -0.4 is 5.56 Å². The number of carbonyl (C=O) groups excluding carboxylic acids is 1. The van der Waals surface area contributed by atoms with E-state index in [0.29, 0.717) is 22.5 Å². The van der Waals surface area contributed by atoms with Crippen molar-refractivity contribution >= 4 is 16.8 Å². The van der Waals surface area contributed by atoms with Gasteiger partial charge in [-0.15, -0.1) is 0 Å². The molecule has 0 aliphatic carbocycles. The predicted molar refractivity (Wildman–Crippen MR) is 81.3 cm³/mol. The Morgan fingerprint density at radius 1 is 1.29 bits per heavy atom. The lowest BCUT2D eigenvalue weighted by molar-refractivity contribution is 0.0755. The normalized spacial score (nSPS) is 19.5. The number of nitrogens with zero attached hydrogens (tertiary/aromatic N) is 2. The van der Waals surface area contributed by atoms with Gasteiger partial charge in [-0.25, -0.2) is 4.98 Å². The van der Waals surface area contributed by atoms with Crippen molar-refractivity contribution in [3.05, 3.63) is 40.4 Å². The molecule has 110 valence electrons. The number of amides is 1. The van der Waals surface area contributed by atoms with Gasteiger partial charge in [0.05, 0.1) is 10.9 Å². The van der Waals surface area contributed by atoms with Gasteiger partial charge in [-0.3, -0.25) is 9.59 Å². The maximum absolute atomic E-state index is 12.6. The fourth-order valence-electron chi connectivity index (χ4n) is 2.82. The summed E-state index contributed by atoms with van der Waals surface area (Å²) in [5.74, 6) is 0.636. The molecule has 1 aliphatic heterocycles. The minimum Gasteiger partial charge on any atom is -0.337 e. The van der Waals surface area contributed by atoms with Crippen LogP contribution in [0.4, 0.5) is 0 Å². The number of nitrogens with one attached hydrogen (secondary N) is 1. The molecule has 5 heteroatoms. The van der Waals surface area contributed by atoms with E-state index >= 15 is 0 Å². The zero-order valence-electron chi connectivity index (χ0n) is 12.1. The molecule has 1 fully saturated rings. The van der Waals surface area contributed by atoms with Crippen LogP contribution in [0, 0.1) is 5.92 Å². The Kier molecular flexibility index (Phi) is 3.73. The van der Waals surface area contributed by atoms with Crippen molar-refractivity contribution < 1.29 is 4.79 Å². The molecule has 1 N–H and O–H groups in total. The number of hydrogen-bond donors (Lipinski definition) is 1. The Balaban J connectivity index is 1.89. The van der Waals surface area contributed by atoms with E-state index in [2.05, 4.69) is 16.9 Å². The molecule has 2 aromatic rings. The smallest absolute Gasteiger partial charge is 0.272 e. The van der Waals surface area contributed by atoms with Crippen molar-refractivity contribution in [2.75, 3.05) is 13.1 Å². The van der Waals surface area contributed by atoms with Gasteiger partial charge in [0.15, 0.2) is 0 Å². The third kappa shape index (κ3) is 2.82. The zero-order chi connectivity index (χ0) is 14.8. The van der Waals surface area contributed by atoms with Gasteiger partial charge in [-0.05, 0) is 43.4 Å². The van der Waals surface area contributed by atoms with Crippen LogP contribution in [0.5, 0.6) is 0 Å². The molecule has 1 unspecified atom stereocenters. The lowest BCUT2D eigenvalue weighted by Gasteiger charge is -2.20. The number of rotatable bonds is 1. The number of aromatic nitrogens is 2. The predicted octanol–water partition coefficient (Wildman–Crippen LogP) is 2.19. The van der Waals surface area contributed by atoms with E-state index in [0.717, 1.165) is 25.9 Å². The van der Waals surface area contributed by atoms with Crippen LogP contribution in [-0.2, 0) is 0 Å². The average molecular weight is 285 g/mol. The first-order valence-electron chi connectivity index (χ1n) is 7.43. The second-order valence-corrected chi connectivity index (χ2v) is 5.76. The van der Waals surface area contributed by atoms with Crippen molar-refractivity contribution in [2.45, 2.75) is 26.2 Å². The zero-order valence-corrected chi connectivity index (χ0v) is 12.1. The van der Waals surface area contributed by atoms with E-state index in [1.807, 2.05) is 4.90 Å². The van der Waals surface area contributed by atoms with Gasteiger partial charge < -0.3 is 9.88 Å². The number of aromatic amines is 1. The van der Waals surface area contributed by atoms with Crippen LogP contribution in [0.15, 0.2) is 29.2 Å². The topological polar surface area (TPSA) is 66.1 Å². The van der Waals surface area contributed by atoms with E-state index in [4.69, 9.17) is 0 Å². The van der Waals surface area contributed by atoms with E-state index in [9.17, 15) is 9.59 Å². The highest BCUT2D eigenvalue weighted by atomic mass is 16.2. The maximum atomic E-state index is 12.6. The van der Waals surface area contributed by atoms with Gasteiger partial charge in [0.1, 0.15) is 5.69 Å². The Morgan fingerprint density at radius 3 is 3.00 bits per heavy atom. The van der Waals surface area contributed by atoms with Crippen LogP contribution in [0.25, 0.3) is 10.9 Å². The highest BCUT2D eigenvalue weighted by Crippen LogP contribution is 2.18.